The van der Waals surface area contributed by atoms with Gasteiger partial charge in [0.2, 0.25) is 0 Å². The Morgan fingerprint density at radius 2 is 1.29 bits per heavy atom. The van der Waals surface area contributed by atoms with Gasteiger partial charge in [0.25, 0.3) is 0 Å². The average Bonchev–Trinajstić information content (AvgIpc) is 2.38. The van der Waals surface area contributed by atoms with E-state index < -0.39 is 15.4 Å². The number of unbranched alkanes of at least 4 members (excludes halogenated alkanes) is 8. The Balaban J connectivity index is 0. The number of rotatable bonds is 14. The van der Waals surface area contributed by atoms with Crippen molar-refractivity contribution in [2.75, 3.05) is 6.61 Å². The topological polar surface area (TPSA) is 77.4 Å². The van der Waals surface area contributed by atoms with E-state index in [1.165, 1.54) is 25.7 Å². The molecule has 0 bridgehead atoms. The molecule has 0 aromatic rings. The maximum absolute atomic E-state index is 11.0. The summed E-state index contributed by atoms with van der Waals surface area (Å²) >= 11 is 0. The summed E-state index contributed by atoms with van der Waals surface area (Å²) in [6.45, 7) is 2.20. The van der Waals surface area contributed by atoms with Crippen molar-refractivity contribution >= 4 is 10.1 Å². The molecule has 6 heteroatoms. The monoisotopic (exact) mass is 346 g/mol. The van der Waals surface area contributed by atoms with Crippen LogP contribution in [-0.2, 0) is 10.1 Å². The smallest absolute Gasteiger partial charge is 0.748 e. The second-order valence-electron chi connectivity index (χ2n) is 5.60. The molecule has 0 aliphatic rings. The summed E-state index contributed by atoms with van der Waals surface area (Å²) in [5.74, 6) is 0. The quantitative estimate of drug-likeness (QED) is 0.284. The number of hydrogen-bond acceptors (Lipinski definition) is 4. The van der Waals surface area contributed by atoms with Crippen LogP contribution in [0, 0.1) is 0 Å². The largest absolute Gasteiger partial charge is 1.00 e. The maximum atomic E-state index is 11.0. The zero-order chi connectivity index (χ0) is 15.3. The van der Waals surface area contributed by atoms with E-state index in [0.717, 1.165) is 38.5 Å². The van der Waals surface area contributed by atoms with Gasteiger partial charge in [0.1, 0.15) is 0 Å². The van der Waals surface area contributed by atoms with Crippen molar-refractivity contribution < 1.29 is 69.5 Å². The minimum atomic E-state index is -4.11. The summed E-state index contributed by atoms with van der Waals surface area (Å²) in [4.78, 5) is 0. The summed E-state index contributed by atoms with van der Waals surface area (Å²) in [5, 5.41) is 7.97. The third-order valence-electron chi connectivity index (χ3n) is 3.70. The molecule has 0 aliphatic heterocycles. The number of aliphatic hydroxyl groups is 1. The molecule has 0 saturated heterocycles. The van der Waals surface area contributed by atoms with Crippen molar-refractivity contribution in [3.05, 3.63) is 0 Å². The summed E-state index contributed by atoms with van der Waals surface area (Å²) in [6.07, 6.45) is 11.6. The molecule has 0 aromatic carbocycles. The van der Waals surface area contributed by atoms with E-state index in [1.54, 1.807) is 0 Å². The van der Waals surface area contributed by atoms with Gasteiger partial charge < -0.3 is 9.66 Å². The fourth-order valence-corrected chi connectivity index (χ4v) is 3.46. The zero-order valence-corrected chi connectivity index (χ0v) is 17.8. The Kier molecular flexibility index (Phi) is 19.3. The van der Waals surface area contributed by atoms with Crippen LogP contribution >= 0.6 is 0 Å². The van der Waals surface area contributed by atoms with E-state index in [1.807, 2.05) is 6.92 Å². The number of aliphatic hydroxyl groups excluding tert-OH is 1. The molecule has 0 rings (SSSR count). The predicted octanol–water partition coefficient (Wildman–Crippen LogP) is 0.598. The van der Waals surface area contributed by atoms with E-state index in [-0.39, 0.29) is 51.4 Å². The van der Waals surface area contributed by atoms with Crippen molar-refractivity contribution in [3.8, 4) is 0 Å². The Morgan fingerprint density at radius 1 is 0.857 bits per heavy atom. The van der Waals surface area contributed by atoms with Gasteiger partial charge in [0.15, 0.2) is 0 Å². The summed E-state index contributed by atoms with van der Waals surface area (Å²) in [5.41, 5.74) is 0. The van der Waals surface area contributed by atoms with Crippen molar-refractivity contribution in [3.63, 3.8) is 0 Å². The molecular weight excluding hydrogens is 315 g/mol. The van der Waals surface area contributed by atoms with Crippen LogP contribution in [0.1, 0.15) is 84.0 Å². The molecule has 4 nitrogen and oxygen atoms in total. The standard InChI is InChI=1S/C15H32O4S.K/c1-2-12-15(20(17,18)19)13-10-8-6-4-3-5-7-9-11-14-16;/h15-16H,2-14H2,1H3,(H,17,18,19);/q;+1/p-1. The van der Waals surface area contributed by atoms with Gasteiger partial charge in [-0.15, -0.1) is 0 Å². The first-order valence-electron chi connectivity index (χ1n) is 8.08. The van der Waals surface area contributed by atoms with Gasteiger partial charge in [0.05, 0.1) is 10.1 Å². The Morgan fingerprint density at radius 3 is 1.67 bits per heavy atom. The van der Waals surface area contributed by atoms with E-state index >= 15 is 0 Å². The van der Waals surface area contributed by atoms with E-state index in [0.29, 0.717) is 19.4 Å². The first-order chi connectivity index (χ1) is 9.52. The van der Waals surface area contributed by atoms with Crippen molar-refractivity contribution in [2.45, 2.75) is 89.2 Å². The predicted molar refractivity (Wildman–Crippen MR) is 81.6 cm³/mol. The molecule has 1 atom stereocenters. The Hall–Kier alpha value is 1.51. The van der Waals surface area contributed by atoms with Crippen LogP contribution < -0.4 is 51.4 Å². The number of hydrogen-bond donors (Lipinski definition) is 1. The molecule has 21 heavy (non-hydrogen) atoms. The van der Waals surface area contributed by atoms with Gasteiger partial charge in [-0.2, -0.15) is 0 Å². The molecule has 0 aromatic heterocycles. The van der Waals surface area contributed by atoms with Crippen LogP contribution in [0.3, 0.4) is 0 Å². The van der Waals surface area contributed by atoms with Crippen LogP contribution in [0.5, 0.6) is 0 Å². The molecule has 122 valence electrons. The van der Waals surface area contributed by atoms with E-state index in [4.69, 9.17) is 5.11 Å². The van der Waals surface area contributed by atoms with E-state index in [2.05, 4.69) is 0 Å². The maximum Gasteiger partial charge on any atom is 1.00 e. The molecular formula is C15H31KO4S. The zero-order valence-electron chi connectivity index (χ0n) is 13.8. The summed E-state index contributed by atoms with van der Waals surface area (Å²) in [7, 11) is -4.11. The van der Waals surface area contributed by atoms with Gasteiger partial charge in [-0.3, -0.25) is 0 Å². The third-order valence-corrected chi connectivity index (χ3v) is 4.99. The third kappa shape index (κ3) is 16.2. The fourth-order valence-electron chi connectivity index (χ4n) is 2.48. The average molecular weight is 347 g/mol. The Bertz CT molecular complexity index is 307. The molecule has 0 fully saturated rings. The Labute approximate surface area is 173 Å². The molecule has 1 N–H and O–H groups in total. The minimum absolute atomic E-state index is 0. The first-order valence-corrected chi connectivity index (χ1v) is 9.55. The van der Waals surface area contributed by atoms with E-state index in [9.17, 15) is 13.0 Å². The summed E-state index contributed by atoms with van der Waals surface area (Å²) < 4.78 is 33.1. The summed E-state index contributed by atoms with van der Waals surface area (Å²) in [6, 6.07) is 0. The van der Waals surface area contributed by atoms with Crippen LogP contribution in [0.25, 0.3) is 0 Å². The van der Waals surface area contributed by atoms with Gasteiger partial charge in [0, 0.05) is 11.9 Å². The van der Waals surface area contributed by atoms with Gasteiger partial charge >= 0.3 is 51.4 Å². The van der Waals surface area contributed by atoms with Crippen molar-refractivity contribution in [2.24, 2.45) is 0 Å². The van der Waals surface area contributed by atoms with Gasteiger partial charge in [-0.05, 0) is 19.3 Å². The van der Waals surface area contributed by atoms with Crippen LogP contribution in [0.2, 0.25) is 0 Å². The normalized spacial score (nSPS) is 12.9. The van der Waals surface area contributed by atoms with Crippen LogP contribution in [0.4, 0.5) is 0 Å². The molecule has 0 aliphatic carbocycles. The van der Waals surface area contributed by atoms with Crippen molar-refractivity contribution in [1.82, 2.24) is 0 Å². The SMILES string of the molecule is CCCC(CCCCCCCCCCCO)S(=O)(=O)[O-].[K+]. The first kappa shape index (κ1) is 24.8. The fraction of sp³-hybridized carbons (Fsp3) is 1.00. The molecule has 0 heterocycles. The second-order valence-corrected chi connectivity index (χ2v) is 7.25. The molecule has 0 saturated carbocycles. The molecule has 0 spiro atoms. The molecule has 0 radical (unpaired) electrons. The van der Waals surface area contributed by atoms with Crippen LogP contribution in [-0.4, -0.2) is 29.9 Å². The minimum Gasteiger partial charge on any atom is -0.748 e. The van der Waals surface area contributed by atoms with Gasteiger partial charge in [-0.25, -0.2) is 8.42 Å². The van der Waals surface area contributed by atoms with Crippen molar-refractivity contribution in [1.29, 1.82) is 0 Å². The molecule has 0 amide bonds. The van der Waals surface area contributed by atoms with Crippen LogP contribution in [0.15, 0.2) is 0 Å². The molecule has 1 unspecified atom stereocenters. The second kappa shape index (κ2) is 16.4. The van der Waals surface area contributed by atoms with Gasteiger partial charge in [-0.1, -0.05) is 64.7 Å².